The van der Waals surface area contributed by atoms with Gasteiger partial charge in [-0.05, 0) is 19.8 Å². The molecular formula is C14H22N2O5. The molecule has 118 valence electrons. The minimum atomic E-state index is -1.22. The van der Waals surface area contributed by atoms with Gasteiger partial charge in [-0.3, -0.25) is 14.4 Å². The third kappa shape index (κ3) is 4.77. The standard InChI is InChI=1S/C14H22N2O5/c1-9(17)12(13(20)15-8-11(18)19)14(21)16(2)10-6-4-3-5-7-10/h10,17H,3-8H2,1-2H3,(H,15,20)(H,18,19)/b12-9+. The van der Waals surface area contributed by atoms with Crippen molar-refractivity contribution in [3.8, 4) is 0 Å². The third-order valence-corrected chi connectivity index (χ3v) is 3.65. The monoisotopic (exact) mass is 298 g/mol. The molecule has 1 saturated carbocycles. The highest BCUT2D eigenvalue weighted by atomic mass is 16.4. The van der Waals surface area contributed by atoms with E-state index in [1.54, 1.807) is 7.05 Å². The number of carboxylic acids is 1. The summed E-state index contributed by atoms with van der Waals surface area (Å²) in [6.07, 6.45) is 4.95. The second kappa shape index (κ2) is 7.66. The van der Waals surface area contributed by atoms with Crippen molar-refractivity contribution in [2.45, 2.75) is 45.1 Å². The van der Waals surface area contributed by atoms with E-state index in [-0.39, 0.29) is 6.04 Å². The van der Waals surface area contributed by atoms with Crippen molar-refractivity contribution in [1.82, 2.24) is 10.2 Å². The van der Waals surface area contributed by atoms with E-state index in [2.05, 4.69) is 5.32 Å². The van der Waals surface area contributed by atoms with Crippen molar-refractivity contribution in [1.29, 1.82) is 0 Å². The summed E-state index contributed by atoms with van der Waals surface area (Å²) in [6, 6.07) is 0.0490. The number of nitrogens with zero attached hydrogens (tertiary/aromatic N) is 1. The van der Waals surface area contributed by atoms with Gasteiger partial charge in [0.25, 0.3) is 11.8 Å². The molecule has 0 radical (unpaired) electrons. The highest BCUT2D eigenvalue weighted by Gasteiger charge is 2.29. The van der Waals surface area contributed by atoms with Gasteiger partial charge in [0.2, 0.25) is 0 Å². The Morgan fingerprint density at radius 2 is 1.71 bits per heavy atom. The number of nitrogens with one attached hydrogen (secondary N) is 1. The summed E-state index contributed by atoms with van der Waals surface area (Å²) >= 11 is 0. The van der Waals surface area contributed by atoms with E-state index in [0.29, 0.717) is 0 Å². The van der Waals surface area contributed by atoms with Crippen LogP contribution in [0.1, 0.15) is 39.0 Å². The van der Waals surface area contributed by atoms with Gasteiger partial charge in [0.15, 0.2) is 0 Å². The molecule has 7 nitrogen and oxygen atoms in total. The molecule has 1 rings (SSSR count). The predicted octanol–water partition coefficient (Wildman–Crippen LogP) is 0.810. The quantitative estimate of drug-likeness (QED) is 0.301. The summed E-state index contributed by atoms with van der Waals surface area (Å²) in [5.74, 6) is -3.08. The van der Waals surface area contributed by atoms with Gasteiger partial charge in [-0.2, -0.15) is 0 Å². The van der Waals surface area contributed by atoms with Crippen LogP contribution in [0, 0.1) is 0 Å². The number of likely N-dealkylation sites (N-methyl/N-ethyl adjacent to an activating group) is 1. The predicted molar refractivity (Wildman–Crippen MR) is 75.6 cm³/mol. The molecule has 0 atom stereocenters. The van der Waals surface area contributed by atoms with Crippen LogP contribution in [0.25, 0.3) is 0 Å². The molecule has 0 aromatic heterocycles. The summed E-state index contributed by atoms with van der Waals surface area (Å²) in [5.41, 5.74) is -0.399. The summed E-state index contributed by atoms with van der Waals surface area (Å²) < 4.78 is 0. The first kappa shape index (κ1) is 17.0. The molecule has 0 unspecified atom stereocenters. The van der Waals surface area contributed by atoms with Gasteiger partial charge in [-0.15, -0.1) is 0 Å². The zero-order valence-corrected chi connectivity index (χ0v) is 12.4. The highest BCUT2D eigenvalue weighted by Crippen LogP contribution is 2.23. The molecule has 1 fully saturated rings. The van der Waals surface area contributed by atoms with Gasteiger partial charge < -0.3 is 20.4 Å². The van der Waals surface area contributed by atoms with E-state index in [0.717, 1.165) is 32.1 Å². The highest BCUT2D eigenvalue weighted by molar-refractivity contribution is 6.19. The van der Waals surface area contributed by atoms with Gasteiger partial charge >= 0.3 is 5.97 Å². The maximum absolute atomic E-state index is 12.4. The van der Waals surface area contributed by atoms with Crippen molar-refractivity contribution >= 4 is 17.8 Å². The Morgan fingerprint density at radius 3 is 2.19 bits per heavy atom. The topological polar surface area (TPSA) is 107 Å². The van der Waals surface area contributed by atoms with E-state index in [1.807, 2.05) is 0 Å². The first-order valence-corrected chi connectivity index (χ1v) is 7.01. The number of carbonyl (C=O) groups is 3. The lowest BCUT2D eigenvalue weighted by Crippen LogP contribution is -2.43. The average Bonchev–Trinajstić information content (AvgIpc) is 2.44. The van der Waals surface area contributed by atoms with Crippen LogP contribution in [0.3, 0.4) is 0 Å². The maximum atomic E-state index is 12.4. The van der Waals surface area contributed by atoms with Crippen LogP contribution in [-0.2, 0) is 14.4 Å². The van der Waals surface area contributed by atoms with Gasteiger partial charge in [-0.25, -0.2) is 0 Å². The number of hydrogen-bond acceptors (Lipinski definition) is 4. The van der Waals surface area contributed by atoms with E-state index < -0.39 is 35.7 Å². The smallest absolute Gasteiger partial charge is 0.322 e. The molecule has 0 bridgehead atoms. The molecule has 0 aromatic rings. The number of amides is 2. The molecule has 3 N–H and O–H groups in total. The molecule has 2 amide bonds. The number of allylic oxidation sites excluding steroid dienone is 1. The molecular weight excluding hydrogens is 276 g/mol. The van der Waals surface area contributed by atoms with Crippen molar-refractivity contribution in [3.63, 3.8) is 0 Å². The average molecular weight is 298 g/mol. The zero-order chi connectivity index (χ0) is 16.0. The molecule has 1 aliphatic carbocycles. The van der Waals surface area contributed by atoms with E-state index in [9.17, 15) is 19.5 Å². The second-order valence-electron chi connectivity index (χ2n) is 5.24. The Bertz CT molecular complexity index is 448. The molecule has 0 heterocycles. The minimum absolute atomic E-state index is 0.0490. The lowest BCUT2D eigenvalue weighted by Gasteiger charge is -2.31. The van der Waals surface area contributed by atoms with Crippen molar-refractivity contribution in [2.75, 3.05) is 13.6 Å². The summed E-state index contributed by atoms with van der Waals surface area (Å²) in [7, 11) is 1.60. The number of aliphatic hydroxyl groups is 1. The molecule has 1 aliphatic rings. The first-order chi connectivity index (χ1) is 9.84. The Kier molecular flexibility index (Phi) is 6.20. The van der Waals surface area contributed by atoms with Crippen molar-refractivity contribution < 1.29 is 24.6 Å². The zero-order valence-electron chi connectivity index (χ0n) is 12.4. The van der Waals surface area contributed by atoms with Gasteiger partial charge in [0.1, 0.15) is 17.9 Å². The molecule has 7 heteroatoms. The van der Waals surface area contributed by atoms with Crippen molar-refractivity contribution in [2.24, 2.45) is 0 Å². The van der Waals surface area contributed by atoms with Crippen LogP contribution in [0.4, 0.5) is 0 Å². The fourth-order valence-corrected chi connectivity index (χ4v) is 2.47. The summed E-state index contributed by atoms with van der Waals surface area (Å²) in [6.45, 7) is 0.637. The van der Waals surface area contributed by atoms with Crippen LogP contribution in [0.2, 0.25) is 0 Å². The summed E-state index contributed by atoms with van der Waals surface area (Å²) in [4.78, 5) is 36.2. The largest absolute Gasteiger partial charge is 0.512 e. The number of carbonyl (C=O) groups excluding carboxylic acids is 2. The van der Waals surface area contributed by atoms with Crippen LogP contribution in [0.15, 0.2) is 11.3 Å². The minimum Gasteiger partial charge on any atom is -0.512 e. The molecule has 0 aromatic carbocycles. The van der Waals surface area contributed by atoms with E-state index in [1.165, 1.54) is 11.8 Å². The van der Waals surface area contributed by atoms with Crippen LogP contribution in [-0.4, -0.2) is 52.5 Å². The number of hydrogen-bond donors (Lipinski definition) is 3. The molecule has 0 aliphatic heterocycles. The number of aliphatic hydroxyl groups excluding tert-OH is 1. The van der Waals surface area contributed by atoms with E-state index in [4.69, 9.17) is 5.11 Å². The Balaban J connectivity index is 2.80. The second-order valence-corrected chi connectivity index (χ2v) is 5.24. The Morgan fingerprint density at radius 1 is 1.14 bits per heavy atom. The maximum Gasteiger partial charge on any atom is 0.322 e. The first-order valence-electron chi connectivity index (χ1n) is 7.01. The number of aliphatic carboxylic acids is 1. The van der Waals surface area contributed by atoms with Crippen LogP contribution in [0.5, 0.6) is 0 Å². The molecule has 0 saturated heterocycles. The van der Waals surface area contributed by atoms with Crippen LogP contribution < -0.4 is 5.32 Å². The fraction of sp³-hybridized carbons (Fsp3) is 0.643. The van der Waals surface area contributed by atoms with Crippen molar-refractivity contribution in [3.05, 3.63) is 11.3 Å². The molecule has 21 heavy (non-hydrogen) atoms. The van der Waals surface area contributed by atoms with Gasteiger partial charge in [0.05, 0.1) is 0 Å². The number of carboxylic acid groups (broad SMARTS) is 1. The molecule has 0 spiro atoms. The lowest BCUT2D eigenvalue weighted by molar-refractivity contribution is -0.138. The van der Waals surface area contributed by atoms with Crippen LogP contribution >= 0.6 is 0 Å². The van der Waals surface area contributed by atoms with Gasteiger partial charge in [-0.1, -0.05) is 19.3 Å². The van der Waals surface area contributed by atoms with E-state index >= 15 is 0 Å². The summed E-state index contributed by atoms with van der Waals surface area (Å²) in [5, 5.41) is 20.2. The fourth-order valence-electron chi connectivity index (χ4n) is 2.47. The third-order valence-electron chi connectivity index (χ3n) is 3.65. The lowest BCUT2D eigenvalue weighted by atomic mass is 9.94. The number of rotatable bonds is 5. The van der Waals surface area contributed by atoms with Gasteiger partial charge in [0, 0.05) is 13.1 Å². The SMILES string of the molecule is C/C(O)=C(/C(=O)NCC(=O)O)C(=O)N(C)C1CCCCC1. The Hall–Kier alpha value is -2.05. The Labute approximate surface area is 123 Å². The normalized spacial score (nSPS) is 16.9.